The maximum absolute atomic E-state index is 11.8. The molecule has 7 heteroatoms. The lowest BCUT2D eigenvalue weighted by molar-refractivity contribution is -0.384. The van der Waals surface area contributed by atoms with Gasteiger partial charge in [0.15, 0.2) is 0 Å². The lowest BCUT2D eigenvalue weighted by Gasteiger charge is -2.17. The minimum atomic E-state index is -0.627. The van der Waals surface area contributed by atoms with Gasteiger partial charge in [0.25, 0.3) is 11.6 Å². The van der Waals surface area contributed by atoms with E-state index in [0.717, 1.165) is 6.42 Å². The van der Waals surface area contributed by atoms with Crippen LogP contribution in [-0.4, -0.2) is 28.6 Å². The Morgan fingerprint density at radius 1 is 1.55 bits per heavy atom. The number of rotatable bonds is 6. The van der Waals surface area contributed by atoms with Gasteiger partial charge < -0.3 is 10.4 Å². The van der Waals surface area contributed by atoms with E-state index in [1.807, 2.05) is 13.8 Å². The Kier molecular flexibility index (Phi) is 5.91. The fraction of sp³-hybridized carbons (Fsp3) is 0.462. The van der Waals surface area contributed by atoms with Gasteiger partial charge in [-0.05, 0) is 18.1 Å². The Morgan fingerprint density at radius 2 is 2.20 bits per heavy atom. The van der Waals surface area contributed by atoms with Crippen molar-refractivity contribution in [2.24, 2.45) is 5.92 Å². The molecule has 6 nitrogen and oxygen atoms in total. The number of nitro benzene ring substituents is 1. The van der Waals surface area contributed by atoms with Gasteiger partial charge in [0.2, 0.25) is 0 Å². The molecule has 20 heavy (non-hydrogen) atoms. The molecular formula is C13H17ClN2O4. The van der Waals surface area contributed by atoms with Gasteiger partial charge in [-0.1, -0.05) is 31.9 Å². The molecule has 2 N–H and O–H groups in total. The second-order valence-corrected chi connectivity index (χ2v) is 4.99. The molecule has 0 saturated carbocycles. The van der Waals surface area contributed by atoms with E-state index < -0.39 is 16.9 Å². The van der Waals surface area contributed by atoms with Gasteiger partial charge in [-0.2, -0.15) is 0 Å². The maximum atomic E-state index is 11.8. The number of amides is 1. The first kappa shape index (κ1) is 16.4. The van der Waals surface area contributed by atoms with Gasteiger partial charge in [0.1, 0.15) is 5.02 Å². The number of benzene rings is 1. The van der Waals surface area contributed by atoms with Crippen LogP contribution in [0.5, 0.6) is 0 Å². The largest absolute Gasteiger partial charge is 0.391 e. The molecule has 0 spiro atoms. The zero-order valence-corrected chi connectivity index (χ0v) is 12.1. The van der Waals surface area contributed by atoms with Crippen molar-refractivity contribution < 1.29 is 14.8 Å². The van der Waals surface area contributed by atoms with E-state index >= 15 is 0 Å². The molecule has 110 valence electrons. The molecule has 0 aliphatic carbocycles. The molecule has 1 aromatic carbocycles. The number of carbonyl (C=O) groups is 1. The van der Waals surface area contributed by atoms with Gasteiger partial charge in [-0.25, -0.2) is 0 Å². The number of nitrogens with one attached hydrogen (secondary N) is 1. The average Bonchev–Trinajstić information content (AvgIpc) is 2.42. The van der Waals surface area contributed by atoms with Crippen LogP contribution in [0.3, 0.4) is 0 Å². The van der Waals surface area contributed by atoms with Crippen LogP contribution >= 0.6 is 11.6 Å². The van der Waals surface area contributed by atoms with Gasteiger partial charge in [-0.3, -0.25) is 14.9 Å². The molecule has 0 aromatic heterocycles. The predicted octanol–water partition coefficient (Wildman–Crippen LogP) is 2.39. The topological polar surface area (TPSA) is 92.5 Å². The maximum Gasteiger partial charge on any atom is 0.287 e. The summed E-state index contributed by atoms with van der Waals surface area (Å²) in [5.74, 6) is -0.347. The number of nitrogens with zero attached hydrogens (tertiary/aromatic N) is 1. The van der Waals surface area contributed by atoms with Crippen LogP contribution in [0.4, 0.5) is 5.69 Å². The van der Waals surface area contributed by atoms with E-state index in [9.17, 15) is 20.0 Å². The Bertz CT molecular complexity index is 507. The smallest absolute Gasteiger partial charge is 0.287 e. The van der Waals surface area contributed by atoms with Crippen molar-refractivity contribution in [2.45, 2.75) is 26.4 Å². The molecule has 0 aliphatic rings. The number of nitro groups is 1. The molecule has 0 aliphatic heterocycles. The number of hydrogen-bond donors (Lipinski definition) is 2. The van der Waals surface area contributed by atoms with Crippen LogP contribution in [0.25, 0.3) is 0 Å². The van der Waals surface area contributed by atoms with E-state index in [4.69, 9.17) is 11.6 Å². The molecule has 0 heterocycles. The van der Waals surface area contributed by atoms with E-state index in [0.29, 0.717) is 0 Å². The van der Waals surface area contributed by atoms with E-state index in [2.05, 4.69) is 5.32 Å². The van der Waals surface area contributed by atoms with Crippen molar-refractivity contribution in [3.63, 3.8) is 0 Å². The first-order chi connectivity index (χ1) is 9.36. The van der Waals surface area contributed by atoms with Crippen LogP contribution < -0.4 is 5.32 Å². The first-order valence-electron chi connectivity index (χ1n) is 6.27. The summed E-state index contributed by atoms with van der Waals surface area (Å²) in [7, 11) is 0. The summed E-state index contributed by atoms with van der Waals surface area (Å²) in [6.07, 6.45) is 0.179. The molecule has 1 amide bonds. The van der Waals surface area contributed by atoms with Crippen LogP contribution in [-0.2, 0) is 0 Å². The third-order valence-electron chi connectivity index (χ3n) is 3.18. The molecule has 0 radical (unpaired) electrons. The van der Waals surface area contributed by atoms with Crippen molar-refractivity contribution in [3.05, 3.63) is 38.9 Å². The molecule has 2 atom stereocenters. The lowest BCUT2D eigenvalue weighted by atomic mass is 10.0. The van der Waals surface area contributed by atoms with Gasteiger partial charge in [0.05, 0.1) is 11.0 Å². The average molecular weight is 301 g/mol. The van der Waals surface area contributed by atoms with Gasteiger partial charge >= 0.3 is 0 Å². The van der Waals surface area contributed by atoms with Crippen molar-refractivity contribution in [1.29, 1.82) is 0 Å². The highest BCUT2D eigenvalue weighted by Gasteiger charge is 2.17. The fourth-order valence-corrected chi connectivity index (χ4v) is 1.82. The Labute approximate surface area is 121 Å². The summed E-state index contributed by atoms with van der Waals surface area (Å²) in [6, 6.07) is 3.75. The summed E-state index contributed by atoms with van der Waals surface area (Å²) in [6.45, 7) is 3.97. The van der Waals surface area contributed by atoms with E-state index in [1.54, 1.807) is 0 Å². The van der Waals surface area contributed by atoms with Crippen LogP contribution in [0.15, 0.2) is 18.2 Å². The minimum absolute atomic E-state index is 0.0794. The van der Waals surface area contributed by atoms with E-state index in [-0.39, 0.29) is 28.7 Å². The second kappa shape index (κ2) is 7.21. The highest BCUT2D eigenvalue weighted by molar-refractivity contribution is 6.33. The first-order valence-corrected chi connectivity index (χ1v) is 6.64. The highest BCUT2D eigenvalue weighted by Crippen LogP contribution is 2.24. The number of carbonyl (C=O) groups excluding carboxylic acids is 1. The summed E-state index contributed by atoms with van der Waals surface area (Å²) in [4.78, 5) is 21.8. The van der Waals surface area contributed by atoms with Gasteiger partial charge in [0, 0.05) is 18.2 Å². The van der Waals surface area contributed by atoms with Crippen molar-refractivity contribution >= 4 is 23.2 Å². The third kappa shape index (κ3) is 4.18. The Morgan fingerprint density at radius 3 is 2.70 bits per heavy atom. The number of aliphatic hydroxyl groups is 1. The summed E-state index contributed by atoms with van der Waals surface area (Å²) in [5, 5.41) is 22.8. The molecule has 0 fully saturated rings. The second-order valence-electron chi connectivity index (χ2n) is 4.59. The van der Waals surface area contributed by atoms with Gasteiger partial charge in [-0.15, -0.1) is 0 Å². The van der Waals surface area contributed by atoms with Crippen LogP contribution in [0, 0.1) is 16.0 Å². The normalized spacial score (nSPS) is 13.6. The lowest BCUT2D eigenvalue weighted by Crippen LogP contribution is -2.35. The highest BCUT2D eigenvalue weighted by atomic mass is 35.5. The van der Waals surface area contributed by atoms with E-state index in [1.165, 1.54) is 18.2 Å². The number of hydrogen-bond acceptors (Lipinski definition) is 4. The van der Waals surface area contributed by atoms with Crippen molar-refractivity contribution in [2.75, 3.05) is 6.54 Å². The van der Waals surface area contributed by atoms with Crippen molar-refractivity contribution in [1.82, 2.24) is 5.32 Å². The summed E-state index contributed by atoms with van der Waals surface area (Å²) >= 11 is 5.73. The zero-order valence-electron chi connectivity index (χ0n) is 11.3. The van der Waals surface area contributed by atoms with Crippen molar-refractivity contribution in [3.8, 4) is 0 Å². The molecular weight excluding hydrogens is 284 g/mol. The summed E-state index contributed by atoms with van der Waals surface area (Å²) in [5.41, 5.74) is -0.0280. The standard InChI is InChI=1S/C13H17ClN2O4/c1-3-8(2)12(17)7-15-13(18)9-4-5-11(16(19)20)10(14)6-9/h4-6,8,12,17H,3,7H2,1-2H3,(H,15,18)/t8-,12+/m0/s1. The quantitative estimate of drug-likeness (QED) is 0.623. The predicted molar refractivity (Wildman–Crippen MR) is 75.9 cm³/mol. The molecule has 0 saturated heterocycles. The fourth-order valence-electron chi connectivity index (χ4n) is 1.57. The molecule has 0 unspecified atom stereocenters. The Balaban J connectivity index is 2.69. The molecule has 1 rings (SSSR count). The summed E-state index contributed by atoms with van der Waals surface area (Å²) < 4.78 is 0. The molecule has 1 aromatic rings. The van der Waals surface area contributed by atoms with Crippen LogP contribution in [0.2, 0.25) is 5.02 Å². The monoisotopic (exact) mass is 300 g/mol. The number of halogens is 1. The molecule has 0 bridgehead atoms. The SMILES string of the molecule is CC[C@H](C)[C@H](O)CNC(=O)c1ccc([N+](=O)[O-])c(Cl)c1. The van der Waals surface area contributed by atoms with Crippen LogP contribution in [0.1, 0.15) is 30.6 Å². The zero-order chi connectivity index (χ0) is 15.3. The minimum Gasteiger partial charge on any atom is -0.391 e. The third-order valence-corrected chi connectivity index (χ3v) is 3.48. The number of aliphatic hydroxyl groups excluding tert-OH is 1. The Hall–Kier alpha value is -1.66.